The first-order chi connectivity index (χ1) is 4.75. The summed E-state index contributed by atoms with van der Waals surface area (Å²) in [5.41, 5.74) is 0. The molecule has 0 rings (SSSR count). The molecular weight excluding hydrogens is 255 g/mol. The summed E-state index contributed by atoms with van der Waals surface area (Å²) in [5.74, 6) is -0.789. The minimum Gasteiger partial charge on any atom is -0.296 e. The number of carbonyl (C=O) groups is 1. The summed E-state index contributed by atoms with van der Waals surface area (Å²) in [6, 6.07) is 0. The molecule has 0 aromatic heterocycles. The second-order valence-corrected chi connectivity index (χ2v) is 7.36. The third-order valence-electron chi connectivity index (χ3n) is 1.18. The molecule has 0 saturated carbocycles. The van der Waals surface area contributed by atoms with Gasteiger partial charge in [0.15, 0.2) is 15.6 Å². The molecule has 0 radical (unpaired) electrons. The van der Waals surface area contributed by atoms with Crippen LogP contribution in [0.15, 0.2) is 0 Å². The fourth-order valence-corrected chi connectivity index (χ4v) is 2.21. The topological polar surface area (TPSA) is 51.2 Å². The highest BCUT2D eigenvalue weighted by Gasteiger charge is 2.42. The average Bonchev–Trinajstić information content (AvgIpc) is 1.87. The fourth-order valence-electron chi connectivity index (χ4n) is 0.400. The molecule has 3 nitrogen and oxygen atoms in total. The third kappa shape index (κ3) is 2.16. The number of Topliss-reactive ketones (excluding diaryl/α,β-unsaturated/α-hetero) is 1. The first-order valence-electron chi connectivity index (χ1n) is 2.87. The second kappa shape index (κ2) is 3.41. The molecule has 0 spiro atoms. The average molecular weight is 264 g/mol. The first kappa shape index (κ1) is 11.4. The van der Waals surface area contributed by atoms with Gasteiger partial charge < -0.3 is 0 Å². The van der Waals surface area contributed by atoms with Crippen molar-refractivity contribution in [3.05, 3.63) is 0 Å². The van der Waals surface area contributed by atoms with E-state index >= 15 is 0 Å². The van der Waals surface area contributed by atoms with Gasteiger partial charge in [-0.3, -0.25) is 4.79 Å². The highest BCUT2D eigenvalue weighted by molar-refractivity contribution is 9.12. The standard InChI is InChI=1S/C5H8BrClO3S/c1-3-11(9,10)5(6,7)4(2)8/h3H2,1-2H3/t5-/m0/s1. The van der Waals surface area contributed by atoms with Gasteiger partial charge >= 0.3 is 0 Å². The molecule has 0 amide bonds. The van der Waals surface area contributed by atoms with Crippen LogP contribution in [-0.4, -0.2) is 23.1 Å². The molecule has 0 aliphatic carbocycles. The van der Waals surface area contributed by atoms with E-state index in [0.717, 1.165) is 6.92 Å². The molecule has 0 aliphatic rings. The zero-order valence-corrected chi connectivity index (χ0v) is 9.25. The van der Waals surface area contributed by atoms with Gasteiger partial charge in [-0.05, 0) is 22.9 Å². The Labute approximate surface area is 79.2 Å². The number of alkyl halides is 2. The Hall–Kier alpha value is 0.390. The lowest BCUT2D eigenvalue weighted by Gasteiger charge is -2.14. The summed E-state index contributed by atoms with van der Waals surface area (Å²) >= 11 is 8.10. The Kier molecular flexibility index (Phi) is 3.53. The molecule has 66 valence electrons. The van der Waals surface area contributed by atoms with Crippen LogP contribution in [0.2, 0.25) is 0 Å². The van der Waals surface area contributed by atoms with Gasteiger partial charge in [0.05, 0.1) is 5.75 Å². The number of sulfone groups is 1. The number of rotatable bonds is 3. The fraction of sp³-hybridized carbons (Fsp3) is 0.800. The van der Waals surface area contributed by atoms with Crippen LogP contribution in [0.1, 0.15) is 13.8 Å². The maximum absolute atomic E-state index is 11.1. The van der Waals surface area contributed by atoms with E-state index in [4.69, 9.17) is 11.6 Å². The van der Waals surface area contributed by atoms with E-state index in [9.17, 15) is 13.2 Å². The molecule has 0 fully saturated rings. The number of hydrogen-bond donors (Lipinski definition) is 0. The van der Waals surface area contributed by atoms with Crippen molar-refractivity contribution in [2.24, 2.45) is 0 Å². The first-order valence-corrected chi connectivity index (χ1v) is 5.69. The maximum Gasteiger partial charge on any atom is 0.256 e. The van der Waals surface area contributed by atoms with Gasteiger partial charge in [0.25, 0.3) is 3.12 Å². The Morgan fingerprint density at radius 3 is 2.09 bits per heavy atom. The van der Waals surface area contributed by atoms with Crippen LogP contribution in [0.25, 0.3) is 0 Å². The molecule has 0 aromatic rings. The maximum atomic E-state index is 11.1. The normalized spacial score (nSPS) is 17.5. The summed E-state index contributed by atoms with van der Waals surface area (Å²) in [7, 11) is -3.56. The molecular formula is C5H8BrClO3S. The lowest BCUT2D eigenvalue weighted by atomic mass is 10.5. The van der Waals surface area contributed by atoms with Gasteiger partial charge in [0.2, 0.25) is 0 Å². The number of hydrogen-bond acceptors (Lipinski definition) is 3. The zero-order valence-electron chi connectivity index (χ0n) is 6.10. The third-order valence-corrected chi connectivity index (χ3v) is 6.02. The molecule has 0 aliphatic heterocycles. The van der Waals surface area contributed by atoms with E-state index < -0.39 is 18.7 Å². The van der Waals surface area contributed by atoms with E-state index in [-0.39, 0.29) is 5.75 Å². The van der Waals surface area contributed by atoms with Gasteiger partial charge in [0.1, 0.15) is 0 Å². The lowest BCUT2D eigenvalue weighted by Crippen LogP contribution is -2.34. The van der Waals surface area contributed by atoms with E-state index in [1.165, 1.54) is 6.92 Å². The van der Waals surface area contributed by atoms with Crippen LogP contribution in [-0.2, 0) is 14.6 Å². The van der Waals surface area contributed by atoms with Gasteiger partial charge in [0, 0.05) is 0 Å². The zero-order chi connectivity index (χ0) is 9.28. The van der Waals surface area contributed by atoms with E-state index in [2.05, 4.69) is 15.9 Å². The van der Waals surface area contributed by atoms with Gasteiger partial charge in [-0.1, -0.05) is 18.5 Å². The molecule has 0 unspecified atom stereocenters. The summed E-state index contributed by atoms with van der Waals surface area (Å²) in [5, 5.41) is 0. The molecule has 6 heteroatoms. The van der Waals surface area contributed by atoms with Crippen molar-refractivity contribution in [2.75, 3.05) is 5.75 Å². The lowest BCUT2D eigenvalue weighted by molar-refractivity contribution is -0.115. The van der Waals surface area contributed by atoms with Gasteiger partial charge in [-0.25, -0.2) is 8.42 Å². The van der Waals surface area contributed by atoms with Crippen LogP contribution in [0.5, 0.6) is 0 Å². The highest BCUT2D eigenvalue weighted by atomic mass is 79.9. The monoisotopic (exact) mass is 262 g/mol. The largest absolute Gasteiger partial charge is 0.296 e. The summed E-state index contributed by atoms with van der Waals surface area (Å²) in [6.45, 7) is 2.55. The summed E-state index contributed by atoms with van der Waals surface area (Å²) in [4.78, 5) is 10.7. The van der Waals surface area contributed by atoms with Gasteiger partial charge in [-0.2, -0.15) is 0 Å². The summed E-state index contributed by atoms with van der Waals surface area (Å²) in [6.07, 6.45) is 0. The van der Waals surface area contributed by atoms with Crippen LogP contribution in [0.4, 0.5) is 0 Å². The van der Waals surface area contributed by atoms with Crippen LogP contribution < -0.4 is 0 Å². The second-order valence-electron chi connectivity index (χ2n) is 1.98. The molecule has 0 bridgehead atoms. The minimum absolute atomic E-state index is 0.165. The van der Waals surface area contributed by atoms with Crippen molar-refractivity contribution >= 4 is 43.2 Å². The molecule has 0 saturated heterocycles. The van der Waals surface area contributed by atoms with Crippen molar-refractivity contribution in [3.8, 4) is 0 Å². The molecule has 0 N–H and O–H groups in total. The number of halogens is 2. The van der Waals surface area contributed by atoms with E-state index in [1.54, 1.807) is 0 Å². The van der Waals surface area contributed by atoms with Crippen molar-refractivity contribution in [1.82, 2.24) is 0 Å². The Morgan fingerprint density at radius 1 is 1.64 bits per heavy atom. The predicted molar refractivity (Wildman–Crippen MR) is 47.7 cm³/mol. The van der Waals surface area contributed by atoms with Crippen molar-refractivity contribution in [3.63, 3.8) is 0 Å². The van der Waals surface area contributed by atoms with E-state index in [1.807, 2.05) is 0 Å². The number of ketones is 1. The van der Waals surface area contributed by atoms with Crippen molar-refractivity contribution in [1.29, 1.82) is 0 Å². The Bertz CT molecular complexity index is 257. The number of carbonyl (C=O) groups excluding carboxylic acids is 1. The molecule has 0 aromatic carbocycles. The highest BCUT2D eigenvalue weighted by Crippen LogP contribution is 2.31. The molecule has 1 atom stereocenters. The summed E-state index contributed by atoms with van der Waals surface area (Å²) < 4.78 is 20.2. The smallest absolute Gasteiger partial charge is 0.256 e. The molecule has 0 heterocycles. The van der Waals surface area contributed by atoms with E-state index in [0.29, 0.717) is 0 Å². The van der Waals surface area contributed by atoms with Crippen LogP contribution >= 0.6 is 27.5 Å². The molecule has 11 heavy (non-hydrogen) atoms. The van der Waals surface area contributed by atoms with Crippen LogP contribution in [0, 0.1) is 0 Å². The van der Waals surface area contributed by atoms with Crippen molar-refractivity contribution < 1.29 is 13.2 Å². The Morgan fingerprint density at radius 2 is 2.00 bits per heavy atom. The Balaban J connectivity index is 5.01. The van der Waals surface area contributed by atoms with Gasteiger partial charge in [-0.15, -0.1) is 0 Å². The SMILES string of the molecule is CCS(=O)(=O)[C@](Cl)(Br)C(C)=O. The minimum atomic E-state index is -3.56. The van der Waals surface area contributed by atoms with Crippen molar-refractivity contribution in [2.45, 2.75) is 17.0 Å². The quantitative estimate of drug-likeness (QED) is 0.721. The van der Waals surface area contributed by atoms with Crippen LogP contribution in [0.3, 0.4) is 0 Å². The predicted octanol–water partition coefficient (Wildman–Crippen LogP) is 1.30.